The summed E-state index contributed by atoms with van der Waals surface area (Å²) in [5.74, 6) is -0.138. The molecule has 1 unspecified atom stereocenters. The molecule has 0 bridgehead atoms. The van der Waals surface area contributed by atoms with Gasteiger partial charge in [0, 0.05) is 34.7 Å². The molecule has 15 heavy (non-hydrogen) atoms. The molecule has 2 saturated heterocycles. The van der Waals surface area contributed by atoms with Gasteiger partial charge in [-0.1, -0.05) is 7.43 Å². The summed E-state index contributed by atoms with van der Waals surface area (Å²) >= 11 is 0. The Bertz CT molecular complexity index is 285. The topological polar surface area (TPSA) is 54.7 Å². The number of hydrogen-bond acceptors (Lipinski definition) is 2. The summed E-state index contributed by atoms with van der Waals surface area (Å²) in [6, 6.07) is -0.192. The van der Waals surface area contributed by atoms with E-state index >= 15 is 0 Å². The van der Waals surface area contributed by atoms with Crippen LogP contribution < -0.4 is 0 Å². The molecule has 2 fully saturated rings. The second kappa shape index (κ2) is 4.62. The van der Waals surface area contributed by atoms with Crippen molar-refractivity contribution in [1.29, 1.82) is 0 Å². The zero-order valence-electron chi connectivity index (χ0n) is 8.10. The van der Waals surface area contributed by atoms with Crippen LogP contribution in [0.5, 0.6) is 0 Å². The maximum absolute atomic E-state index is 11.7. The molecule has 3 amide bonds. The van der Waals surface area contributed by atoms with Gasteiger partial charge in [-0.15, -0.1) is 13.1 Å². The van der Waals surface area contributed by atoms with E-state index in [-0.39, 0.29) is 40.4 Å². The van der Waals surface area contributed by atoms with Crippen LogP contribution in [-0.2, 0) is 25.9 Å². The maximum atomic E-state index is 11.7. The molecule has 2 heterocycles. The van der Waals surface area contributed by atoms with E-state index in [1.165, 1.54) is 11.9 Å². The molecule has 0 saturated carbocycles. The molecule has 2 aliphatic rings. The number of imide groups is 1. The molecule has 1 atom stereocenters. The first-order chi connectivity index (χ1) is 6.07. The van der Waals surface area contributed by atoms with E-state index in [2.05, 4.69) is 5.32 Å². The van der Waals surface area contributed by atoms with Gasteiger partial charge in [0.15, 0.2) is 0 Å². The van der Waals surface area contributed by atoms with E-state index in [1.54, 1.807) is 11.8 Å². The zero-order chi connectivity index (χ0) is 9.64. The van der Waals surface area contributed by atoms with Crippen molar-refractivity contribution in [2.45, 2.75) is 19.9 Å². The van der Waals surface area contributed by atoms with Crippen LogP contribution in [0.2, 0.25) is 0 Å². The largest absolute Gasteiger partial charge is 0.659 e. The van der Waals surface area contributed by atoms with Crippen molar-refractivity contribution in [3.63, 3.8) is 0 Å². The minimum Gasteiger partial charge on any atom is -0.659 e. The fourth-order valence-corrected chi connectivity index (χ4v) is 1.92. The summed E-state index contributed by atoms with van der Waals surface area (Å²) in [5, 5.41) is 4.17. The monoisotopic (exact) mass is 393 g/mol. The maximum Gasteiger partial charge on any atom is 0.327 e. The van der Waals surface area contributed by atoms with Crippen molar-refractivity contribution in [2.24, 2.45) is 0 Å². The fourth-order valence-electron chi connectivity index (χ4n) is 1.92. The molecule has 6 heteroatoms. The summed E-state index contributed by atoms with van der Waals surface area (Å²) in [7, 11) is 1.52. The van der Waals surface area contributed by atoms with Crippen LogP contribution in [0.3, 0.4) is 0 Å². The molecule has 0 aromatic rings. The fraction of sp³-hybridized carbons (Fsp3) is 0.778. The van der Waals surface area contributed by atoms with Crippen molar-refractivity contribution in [3.8, 4) is 0 Å². The van der Waals surface area contributed by atoms with Crippen LogP contribution in [0.4, 0.5) is 4.79 Å². The third-order valence-corrected chi connectivity index (χ3v) is 2.78. The third-order valence-electron chi connectivity index (χ3n) is 2.78. The molecule has 90 valence electrons. The Morgan fingerprint density at radius 2 is 2.00 bits per heavy atom. The summed E-state index contributed by atoms with van der Waals surface area (Å²) in [6.07, 6.45) is 0. The van der Waals surface area contributed by atoms with Crippen molar-refractivity contribution in [3.05, 3.63) is 5.32 Å². The first-order valence-corrected chi connectivity index (χ1v) is 4.30. The van der Waals surface area contributed by atoms with E-state index in [4.69, 9.17) is 0 Å². The average Bonchev–Trinajstić information content (AvgIpc) is 2.29. The third kappa shape index (κ3) is 1.83. The molecule has 0 aromatic carbocycles. The number of urea groups is 1. The Kier molecular flexibility index (Phi) is 4.49. The predicted octanol–water partition coefficient (Wildman–Crippen LogP) is 0.660. The van der Waals surface area contributed by atoms with Gasteiger partial charge in [-0.2, -0.15) is 0 Å². The molecular formula is C9H16N3O2Pt-. The second-order valence-electron chi connectivity index (χ2n) is 3.68. The molecule has 0 aliphatic carbocycles. The van der Waals surface area contributed by atoms with Gasteiger partial charge in [0.2, 0.25) is 0 Å². The SMILES string of the molecule is C.CN1C(=O)N2CC[N-]CC2(C)C1=O.[Pt]. The number of rotatable bonds is 0. The molecule has 0 aromatic heterocycles. The summed E-state index contributed by atoms with van der Waals surface area (Å²) in [5.41, 5.74) is -0.704. The van der Waals surface area contributed by atoms with E-state index in [9.17, 15) is 9.59 Å². The average molecular weight is 393 g/mol. The van der Waals surface area contributed by atoms with Crippen molar-refractivity contribution < 1.29 is 30.7 Å². The summed E-state index contributed by atoms with van der Waals surface area (Å²) in [4.78, 5) is 26.0. The standard InChI is InChI=1S/C8H12N3O2.CH4.Pt/c1-8-5-9-3-4-11(8)7(13)10(2)6(8)12;;/h3-5H2,1-2H3;1H4;/q-1;;. The van der Waals surface area contributed by atoms with Gasteiger partial charge in [-0.25, -0.2) is 4.79 Å². The van der Waals surface area contributed by atoms with E-state index < -0.39 is 5.54 Å². The van der Waals surface area contributed by atoms with Crippen molar-refractivity contribution >= 4 is 11.9 Å². The number of amides is 3. The first kappa shape index (κ1) is 14.6. The molecule has 2 rings (SSSR count). The van der Waals surface area contributed by atoms with Gasteiger partial charge in [0.25, 0.3) is 5.91 Å². The number of carbonyl (C=O) groups excluding carboxylic acids is 2. The van der Waals surface area contributed by atoms with Crippen LogP contribution in [0.25, 0.3) is 5.32 Å². The summed E-state index contributed by atoms with van der Waals surface area (Å²) in [6.45, 7) is 3.41. The number of carbonyl (C=O) groups is 2. The molecule has 0 N–H and O–H groups in total. The van der Waals surface area contributed by atoms with Gasteiger partial charge < -0.3 is 10.2 Å². The predicted molar refractivity (Wildman–Crippen MR) is 53.1 cm³/mol. The smallest absolute Gasteiger partial charge is 0.327 e. The van der Waals surface area contributed by atoms with Crippen molar-refractivity contribution in [2.75, 3.05) is 26.7 Å². The van der Waals surface area contributed by atoms with E-state index in [1.807, 2.05) is 0 Å². The Hall–Kier alpha value is -0.412. The quantitative estimate of drug-likeness (QED) is 0.568. The number of piperazine rings is 1. The Morgan fingerprint density at radius 3 is 2.53 bits per heavy atom. The number of likely N-dealkylation sites (N-methyl/N-ethyl adjacent to an activating group) is 1. The first-order valence-electron chi connectivity index (χ1n) is 4.30. The second-order valence-corrected chi connectivity index (χ2v) is 3.68. The van der Waals surface area contributed by atoms with Gasteiger partial charge in [-0.05, 0) is 6.92 Å². The molecular weight excluding hydrogens is 377 g/mol. The van der Waals surface area contributed by atoms with Crippen molar-refractivity contribution in [1.82, 2.24) is 9.80 Å². The zero-order valence-corrected chi connectivity index (χ0v) is 10.4. The van der Waals surface area contributed by atoms with Gasteiger partial charge in [0.1, 0.15) is 5.54 Å². The van der Waals surface area contributed by atoms with Crippen LogP contribution in [0, 0.1) is 0 Å². The van der Waals surface area contributed by atoms with Crippen LogP contribution in [0.15, 0.2) is 0 Å². The van der Waals surface area contributed by atoms with E-state index in [0.29, 0.717) is 19.6 Å². The molecule has 0 radical (unpaired) electrons. The Labute approximate surface area is 104 Å². The van der Waals surface area contributed by atoms with E-state index in [0.717, 1.165) is 0 Å². The van der Waals surface area contributed by atoms with Gasteiger partial charge in [-0.3, -0.25) is 9.69 Å². The van der Waals surface area contributed by atoms with Gasteiger partial charge >= 0.3 is 6.03 Å². The number of hydrogen-bond donors (Lipinski definition) is 0. The van der Waals surface area contributed by atoms with Crippen LogP contribution in [0.1, 0.15) is 14.4 Å². The molecule has 2 aliphatic heterocycles. The molecule has 5 nitrogen and oxygen atoms in total. The van der Waals surface area contributed by atoms with Gasteiger partial charge in [0.05, 0.1) is 0 Å². The number of fused-ring (bicyclic) bond motifs is 1. The number of nitrogens with zero attached hydrogens (tertiary/aromatic N) is 3. The minimum absolute atomic E-state index is 0. The minimum atomic E-state index is -0.704. The van der Waals surface area contributed by atoms with Crippen LogP contribution >= 0.6 is 0 Å². The summed E-state index contributed by atoms with van der Waals surface area (Å²) < 4.78 is 0. The Morgan fingerprint density at radius 1 is 1.40 bits per heavy atom. The Balaban J connectivity index is 0.000000980. The van der Waals surface area contributed by atoms with Crippen LogP contribution in [-0.4, -0.2) is 54.0 Å². The normalized spacial score (nSPS) is 29.5. The molecule has 0 spiro atoms.